The summed E-state index contributed by atoms with van der Waals surface area (Å²) in [7, 11) is 1.70. The van der Waals surface area contributed by atoms with E-state index in [9.17, 15) is 0 Å². The molecule has 0 aliphatic heterocycles. The molecular formula is C9H11ClN6. The molecule has 2 aromatic heterocycles. The molecule has 16 heavy (non-hydrogen) atoms. The van der Waals surface area contributed by atoms with Crippen molar-refractivity contribution in [2.45, 2.75) is 12.5 Å². The van der Waals surface area contributed by atoms with Crippen LogP contribution in [0.25, 0.3) is 0 Å². The van der Waals surface area contributed by atoms with Crippen LogP contribution in [0.5, 0.6) is 0 Å². The van der Waals surface area contributed by atoms with Crippen molar-refractivity contribution >= 4 is 11.6 Å². The minimum Gasteiger partial charge on any atom is -0.322 e. The van der Waals surface area contributed by atoms with Crippen molar-refractivity contribution in [3.05, 3.63) is 34.9 Å². The van der Waals surface area contributed by atoms with Gasteiger partial charge in [-0.3, -0.25) is 4.98 Å². The Morgan fingerprint density at radius 2 is 2.38 bits per heavy atom. The maximum Gasteiger partial charge on any atom is 0.176 e. The van der Waals surface area contributed by atoms with E-state index in [1.165, 1.54) is 4.80 Å². The molecule has 2 heterocycles. The molecule has 1 atom stereocenters. The highest BCUT2D eigenvalue weighted by atomic mass is 35.5. The Morgan fingerprint density at radius 1 is 1.56 bits per heavy atom. The quantitative estimate of drug-likeness (QED) is 0.842. The number of pyridine rings is 1. The predicted molar refractivity (Wildman–Crippen MR) is 58.7 cm³/mol. The van der Waals surface area contributed by atoms with Gasteiger partial charge in [0.25, 0.3) is 0 Å². The maximum absolute atomic E-state index is 5.99. The highest BCUT2D eigenvalue weighted by molar-refractivity contribution is 6.31. The summed E-state index contributed by atoms with van der Waals surface area (Å²) in [6.45, 7) is 0. The molecule has 0 bridgehead atoms. The van der Waals surface area contributed by atoms with Gasteiger partial charge in [0.05, 0.1) is 23.8 Å². The Labute approximate surface area is 97.4 Å². The molecule has 0 aliphatic carbocycles. The van der Waals surface area contributed by atoms with E-state index in [2.05, 4.69) is 20.4 Å². The zero-order valence-electron chi connectivity index (χ0n) is 8.71. The molecule has 0 saturated heterocycles. The van der Waals surface area contributed by atoms with Gasteiger partial charge in [0.1, 0.15) is 0 Å². The van der Waals surface area contributed by atoms with Crippen molar-refractivity contribution in [2.75, 3.05) is 0 Å². The molecule has 0 fully saturated rings. The first-order valence-electron chi connectivity index (χ1n) is 4.75. The second kappa shape index (κ2) is 4.54. The van der Waals surface area contributed by atoms with Crippen LogP contribution in [0.15, 0.2) is 18.3 Å². The first-order chi connectivity index (χ1) is 7.66. The van der Waals surface area contributed by atoms with Gasteiger partial charge in [0.15, 0.2) is 5.82 Å². The van der Waals surface area contributed by atoms with Crippen molar-refractivity contribution in [3.8, 4) is 0 Å². The van der Waals surface area contributed by atoms with Gasteiger partial charge in [0, 0.05) is 12.6 Å². The van der Waals surface area contributed by atoms with Crippen LogP contribution in [0.2, 0.25) is 5.02 Å². The van der Waals surface area contributed by atoms with Gasteiger partial charge in [-0.1, -0.05) is 11.6 Å². The van der Waals surface area contributed by atoms with E-state index in [-0.39, 0.29) is 6.04 Å². The highest BCUT2D eigenvalue weighted by Crippen LogP contribution is 2.20. The molecule has 2 aromatic rings. The van der Waals surface area contributed by atoms with E-state index in [4.69, 9.17) is 17.3 Å². The maximum atomic E-state index is 5.99. The summed E-state index contributed by atoms with van der Waals surface area (Å²) in [6.07, 6.45) is 2.12. The largest absolute Gasteiger partial charge is 0.322 e. The van der Waals surface area contributed by atoms with Crippen molar-refractivity contribution in [3.63, 3.8) is 0 Å². The molecule has 0 spiro atoms. The number of aryl methyl sites for hydroxylation is 1. The van der Waals surface area contributed by atoms with Crippen LogP contribution in [0.3, 0.4) is 0 Å². The fourth-order valence-corrected chi connectivity index (χ4v) is 1.63. The molecule has 6 nitrogen and oxygen atoms in total. The van der Waals surface area contributed by atoms with Crippen LogP contribution in [-0.4, -0.2) is 25.2 Å². The van der Waals surface area contributed by atoms with Gasteiger partial charge in [-0.15, -0.1) is 10.2 Å². The van der Waals surface area contributed by atoms with Crippen LogP contribution < -0.4 is 5.73 Å². The third kappa shape index (κ3) is 2.34. The smallest absolute Gasteiger partial charge is 0.176 e. The van der Waals surface area contributed by atoms with Gasteiger partial charge in [0.2, 0.25) is 0 Å². The molecule has 7 heteroatoms. The van der Waals surface area contributed by atoms with Gasteiger partial charge in [-0.2, -0.15) is 4.80 Å². The second-order valence-corrected chi connectivity index (χ2v) is 3.78. The number of nitrogens with two attached hydrogens (primary N) is 1. The third-order valence-electron chi connectivity index (χ3n) is 2.09. The number of hydrogen-bond acceptors (Lipinski definition) is 5. The summed E-state index contributed by atoms with van der Waals surface area (Å²) in [4.78, 5) is 5.53. The summed E-state index contributed by atoms with van der Waals surface area (Å²) in [5.74, 6) is 0.580. The number of halogens is 1. The van der Waals surface area contributed by atoms with Gasteiger partial charge >= 0.3 is 0 Å². The summed E-state index contributed by atoms with van der Waals surface area (Å²) >= 11 is 5.99. The van der Waals surface area contributed by atoms with E-state index < -0.39 is 0 Å². The fourth-order valence-electron chi connectivity index (χ4n) is 1.37. The number of hydrogen-bond donors (Lipinski definition) is 1. The van der Waals surface area contributed by atoms with Crippen LogP contribution >= 0.6 is 11.6 Å². The lowest BCUT2D eigenvalue weighted by Crippen LogP contribution is -2.16. The lowest BCUT2D eigenvalue weighted by atomic mass is 10.1. The topological polar surface area (TPSA) is 82.5 Å². The molecule has 0 saturated carbocycles. The van der Waals surface area contributed by atoms with Crippen LogP contribution in [0.4, 0.5) is 0 Å². The fraction of sp³-hybridized carbons (Fsp3) is 0.333. The SMILES string of the molecule is Cn1nnc(CC(N)c2ncccc2Cl)n1. The van der Waals surface area contributed by atoms with Crippen LogP contribution in [0.1, 0.15) is 17.6 Å². The minimum absolute atomic E-state index is 0.321. The molecule has 84 valence electrons. The standard InChI is InChI=1S/C9H11ClN6/c1-16-14-8(13-15-16)5-7(11)9-6(10)3-2-4-12-9/h2-4,7H,5,11H2,1H3. The molecule has 2 N–H and O–H groups in total. The van der Waals surface area contributed by atoms with Crippen molar-refractivity contribution in [1.29, 1.82) is 0 Å². The van der Waals surface area contributed by atoms with Crippen molar-refractivity contribution in [2.24, 2.45) is 12.8 Å². The Bertz CT molecular complexity index is 482. The van der Waals surface area contributed by atoms with E-state index in [0.29, 0.717) is 23.0 Å². The molecule has 0 radical (unpaired) electrons. The van der Waals surface area contributed by atoms with Gasteiger partial charge in [-0.25, -0.2) is 0 Å². The molecular weight excluding hydrogens is 228 g/mol. The molecule has 0 aromatic carbocycles. The summed E-state index contributed by atoms with van der Waals surface area (Å²) in [6, 6.07) is 3.20. The van der Waals surface area contributed by atoms with Crippen molar-refractivity contribution < 1.29 is 0 Å². The van der Waals surface area contributed by atoms with Gasteiger partial charge < -0.3 is 5.73 Å². The summed E-state index contributed by atoms with van der Waals surface area (Å²) in [5.41, 5.74) is 6.62. The minimum atomic E-state index is -0.321. The monoisotopic (exact) mass is 238 g/mol. The summed E-state index contributed by atoms with van der Waals surface area (Å²) < 4.78 is 0. The normalized spacial score (nSPS) is 12.7. The number of rotatable bonds is 3. The summed E-state index contributed by atoms with van der Waals surface area (Å²) in [5, 5.41) is 12.2. The molecule has 1 unspecified atom stereocenters. The average molecular weight is 239 g/mol. The first kappa shape index (κ1) is 11.0. The van der Waals surface area contributed by atoms with Crippen LogP contribution in [-0.2, 0) is 13.5 Å². The van der Waals surface area contributed by atoms with E-state index in [1.54, 1.807) is 25.4 Å². The second-order valence-electron chi connectivity index (χ2n) is 3.38. The number of tetrazole rings is 1. The Morgan fingerprint density at radius 3 is 3.00 bits per heavy atom. The lowest BCUT2D eigenvalue weighted by Gasteiger charge is -2.09. The Hall–Kier alpha value is -1.53. The van der Waals surface area contributed by atoms with Gasteiger partial charge in [-0.05, 0) is 17.3 Å². The van der Waals surface area contributed by atoms with E-state index in [0.717, 1.165) is 0 Å². The average Bonchev–Trinajstić information content (AvgIpc) is 2.64. The van der Waals surface area contributed by atoms with Crippen LogP contribution in [0, 0.1) is 0 Å². The van der Waals surface area contributed by atoms with Crippen molar-refractivity contribution in [1.82, 2.24) is 25.2 Å². The third-order valence-corrected chi connectivity index (χ3v) is 2.41. The molecule has 0 aliphatic rings. The lowest BCUT2D eigenvalue weighted by molar-refractivity contribution is 0.620. The Balaban J connectivity index is 2.14. The highest BCUT2D eigenvalue weighted by Gasteiger charge is 2.14. The molecule has 2 rings (SSSR count). The number of aromatic nitrogens is 5. The predicted octanol–water partition coefficient (Wildman–Crippen LogP) is 0.501. The zero-order chi connectivity index (χ0) is 11.5. The van der Waals surface area contributed by atoms with E-state index >= 15 is 0 Å². The van der Waals surface area contributed by atoms with E-state index in [1.807, 2.05) is 0 Å². The Kier molecular flexibility index (Phi) is 3.12. The zero-order valence-corrected chi connectivity index (χ0v) is 9.46. The molecule has 0 amide bonds. The first-order valence-corrected chi connectivity index (χ1v) is 5.13. The number of nitrogens with zero attached hydrogens (tertiary/aromatic N) is 5.